The Morgan fingerprint density at radius 1 is 0.792 bits per heavy atom. The second kappa shape index (κ2) is 5.84. The normalized spacial score (nSPS) is 19.6. The molecule has 128 valence electrons. The van der Waals surface area contributed by atoms with E-state index in [1.165, 1.54) is 24.0 Å². The van der Waals surface area contributed by atoms with E-state index in [4.69, 9.17) is 0 Å². The molecule has 0 amide bonds. The lowest BCUT2D eigenvalue weighted by molar-refractivity contribution is 0.400. The molecule has 3 rings (SSSR count). The smallest absolute Gasteiger partial charge is 0.121 e. The fourth-order valence-electron chi connectivity index (χ4n) is 4.63. The molecule has 2 aromatic rings. The Morgan fingerprint density at radius 3 is 1.46 bits per heavy atom. The van der Waals surface area contributed by atoms with Crippen molar-refractivity contribution in [2.75, 3.05) is 0 Å². The third-order valence-electron chi connectivity index (χ3n) is 6.06. The second-order valence-electron chi connectivity index (χ2n) is 7.68. The highest BCUT2D eigenvalue weighted by atomic mass is 16.3. The highest BCUT2D eigenvalue weighted by Gasteiger charge is 2.43. The lowest BCUT2D eigenvalue weighted by Crippen LogP contribution is -2.31. The minimum atomic E-state index is -0.0353. The van der Waals surface area contributed by atoms with Gasteiger partial charge in [-0.05, 0) is 79.8 Å². The molecule has 1 saturated carbocycles. The molecular weight excluding hydrogens is 296 g/mol. The van der Waals surface area contributed by atoms with Crippen LogP contribution in [0.3, 0.4) is 0 Å². The van der Waals surface area contributed by atoms with Crippen molar-refractivity contribution in [2.45, 2.75) is 59.3 Å². The summed E-state index contributed by atoms with van der Waals surface area (Å²) in [6.45, 7) is 10.2. The fraction of sp³-hybridized carbons (Fsp3) is 0.455. The Balaban J connectivity index is 2.28. The Hall–Kier alpha value is -1.96. The van der Waals surface area contributed by atoms with E-state index in [2.05, 4.69) is 31.2 Å². The van der Waals surface area contributed by atoms with Gasteiger partial charge in [-0.1, -0.05) is 37.6 Å². The summed E-state index contributed by atoms with van der Waals surface area (Å²) >= 11 is 0. The van der Waals surface area contributed by atoms with Crippen molar-refractivity contribution >= 4 is 0 Å². The summed E-state index contributed by atoms with van der Waals surface area (Å²) in [7, 11) is 0. The van der Waals surface area contributed by atoms with E-state index >= 15 is 0 Å². The number of benzene rings is 2. The molecule has 0 bridgehead atoms. The van der Waals surface area contributed by atoms with Gasteiger partial charge in [-0.15, -0.1) is 0 Å². The molecule has 1 fully saturated rings. The Kier molecular flexibility index (Phi) is 4.11. The van der Waals surface area contributed by atoms with Crippen molar-refractivity contribution < 1.29 is 10.2 Å². The lowest BCUT2D eigenvalue weighted by Gasteiger charge is -2.36. The van der Waals surface area contributed by atoms with E-state index in [1.807, 2.05) is 27.7 Å². The second-order valence-corrected chi connectivity index (χ2v) is 7.68. The van der Waals surface area contributed by atoms with Crippen LogP contribution in [0.5, 0.6) is 11.5 Å². The maximum atomic E-state index is 10.2. The monoisotopic (exact) mass is 324 g/mol. The van der Waals surface area contributed by atoms with Gasteiger partial charge in [0.05, 0.1) is 0 Å². The minimum absolute atomic E-state index is 0.0353. The van der Waals surface area contributed by atoms with Gasteiger partial charge in [0.1, 0.15) is 11.5 Å². The van der Waals surface area contributed by atoms with Gasteiger partial charge in [-0.2, -0.15) is 0 Å². The molecule has 1 unspecified atom stereocenters. The van der Waals surface area contributed by atoms with Crippen LogP contribution in [0.2, 0.25) is 0 Å². The summed E-state index contributed by atoms with van der Waals surface area (Å²) in [4.78, 5) is 0. The molecule has 2 heteroatoms. The van der Waals surface area contributed by atoms with Crippen LogP contribution >= 0.6 is 0 Å². The Bertz CT molecular complexity index is 685. The van der Waals surface area contributed by atoms with Crippen LogP contribution in [0.25, 0.3) is 0 Å². The molecule has 0 aromatic heterocycles. The predicted octanol–water partition coefficient (Wildman–Crippen LogP) is 5.44. The van der Waals surface area contributed by atoms with Gasteiger partial charge < -0.3 is 10.2 Å². The number of hydrogen-bond acceptors (Lipinski definition) is 2. The average molecular weight is 324 g/mol. The first-order valence-corrected chi connectivity index (χ1v) is 8.88. The zero-order valence-corrected chi connectivity index (χ0v) is 15.4. The zero-order valence-electron chi connectivity index (χ0n) is 15.4. The number of hydrogen-bond donors (Lipinski definition) is 2. The van der Waals surface area contributed by atoms with Crippen LogP contribution in [0.15, 0.2) is 24.3 Å². The molecule has 2 N–H and O–H groups in total. The summed E-state index contributed by atoms with van der Waals surface area (Å²) in [5.41, 5.74) is 6.32. The first kappa shape index (κ1) is 16.9. The van der Waals surface area contributed by atoms with Gasteiger partial charge in [0.2, 0.25) is 0 Å². The maximum Gasteiger partial charge on any atom is 0.121 e. The standard InChI is InChI=1S/C22H28O2/c1-13-9-18(10-14(2)20(13)23)22(8-6-7-17(22)5)19-11-15(3)21(24)16(4)12-19/h9-12,17,23-24H,6-8H2,1-5H3. The van der Waals surface area contributed by atoms with E-state index in [9.17, 15) is 10.2 Å². The molecule has 1 aliphatic carbocycles. The van der Waals surface area contributed by atoms with E-state index in [-0.39, 0.29) is 5.41 Å². The van der Waals surface area contributed by atoms with Crippen molar-refractivity contribution in [3.8, 4) is 11.5 Å². The van der Waals surface area contributed by atoms with Crippen molar-refractivity contribution in [2.24, 2.45) is 5.92 Å². The van der Waals surface area contributed by atoms with Crippen LogP contribution in [0.4, 0.5) is 0 Å². The Labute approximate surface area is 145 Å². The highest BCUT2D eigenvalue weighted by Crippen LogP contribution is 2.52. The van der Waals surface area contributed by atoms with Crippen molar-refractivity contribution in [1.29, 1.82) is 0 Å². The molecule has 2 aromatic carbocycles. The maximum absolute atomic E-state index is 10.2. The summed E-state index contributed by atoms with van der Waals surface area (Å²) in [6.07, 6.45) is 3.53. The minimum Gasteiger partial charge on any atom is -0.507 e. The van der Waals surface area contributed by atoms with Crippen LogP contribution in [0, 0.1) is 33.6 Å². The number of phenols is 2. The molecule has 0 spiro atoms. The average Bonchev–Trinajstić information content (AvgIpc) is 2.92. The van der Waals surface area contributed by atoms with Crippen molar-refractivity contribution in [3.05, 3.63) is 57.6 Å². The van der Waals surface area contributed by atoms with Gasteiger partial charge in [-0.3, -0.25) is 0 Å². The predicted molar refractivity (Wildman–Crippen MR) is 99.0 cm³/mol. The molecule has 0 heterocycles. The third-order valence-corrected chi connectivity index (χ3v) is 6.06. The van der Waals surface area contributed by atoms with E-state index in [1.54, 1.807) is 0 Å². The molecule has 2 nitrogen and oxygen atoms in total. The van der Waals surface area contributed by atoms with Crippen molar-refractivity contribution in [1.82, 2.24) is 0 Å². The van der Waals surface area contributed by atoms with Gasteiger partial charge >= 0.3 is 0 Å². The van der Waals surface area contributed by atoms with Crippen molar-refractivity contribution in [3.63, 3.8) is 0 Å². The van der Waals surface area contributed by atoms with Gasteiger partial charge in [0.25, 0.3) is 0 Å². The lowest BCUT2D eigenvalue weighted by atomic mass is 9.67. The molecule has 0 saturated heterocycles. The molecule has 24 heavy (non-hydrogen) atoms. The van der Waals surface area contributed by atoms with E-state index in [0.717, 1.165) is 28.7 Å². The van der Waals surface area contributed by atoms with E-state index < -0.39 is 0 Å². The quantitative estimate of drug-likeness (QED) is 0.772. The van der Waals surface area contributed by atoms with Crippen LogP contribution in [-0.2, 0) is 5.41 Å². The van der Waals surface area contributed by atoms with Gasteiger partial charge in [0.15, 0.2) is 0 Å². The molecule has 1 aliphatic rings. The first-order chi connectivity index (χ1) is 11.3. The number of aromatic hydroxyl groups is 2. The summed E-state index contributed by atoms with van der Waals surface area (Å²) in [5, 5.41) is 20.4. The molecular formula is C22H28O2. The molecule has 0 radical (unpaired) electrons. The first-order valence-electron chi connectivity index (χ1n) is 8.88. The number of aryl methyl sites for hydroxylation is 4. The largest absolute Gasteiger partial charge is 0.507 e. The third kappa shape index (κ3) is 2.40. The van der Waals surface area contributed by atoms with E-state index in [0.29, 0.717) is 17.4 Å². The van der Waals surface area contributed by atoms with Crippen LogP contribution in [-0.4, -0.2) is 10.2 Å². The van der Waals surface area contributed by atoms with Gasteiger partial charge in [-0.25, -0.2) is 0 Å². The number of rotatable bonds is 2. The highest BCUT2D eigenvalue weighted by molar-refractivity contribution is 5.53. The summed E-state index contributed by atoms with van der Waals surface area (Å²) in [6, 6.07) is 8.62. The van der Waals surface area contributed by atoms with Crippen LogP contribution in [0.1, 0.15) is 59.6 Å². The molecule has 0 aliphatic heterocycles. The molecule has 1 atom stereocenters. The Morgan fingerprint density at radius 2 is 1.17 bits per heavy atom. The van der Waals surface area contributed by atoms with Crippen LogP contribution < -0.4 is 0 Å². The topological polar surface area (TPSA) is 40.5 Å². The van der Waals surface area contributed by atoms with Gasteiger partial charge in [0, 0.05) is 5.41 Å². The SMILES string of the molecule is Cc1cc(C2(c3cc(C)c(O)c(C)c3)CCCC2C)cc(C)c1O. The zero-order chi connectivity index (χ0) is 17.6. The number of phenolic OH excluding ortho intramolecular Hbond substituents is 2. The summed E-state index contributed by atoms with van der Waals surface area (Å²) < 4.78 is 0. The summed E-state index contributed by atoms with van der Waals surface area (Å²) in [5.74, 6) is 1.33. The fourth-order valence-corrected chi connectivity index (χ4v) is 4.63.